The molecule has 3 rings (SSSR count). The van der Waals surface area contributed by atoms with E-state index in [-0.39, 0.29) is 17.6 Å². The highest BCUT2D eigenvalue weighted by Gasteiger charge is 2.36. The molecular weight excluding hydrogens is 403 g/mol. The fraction of sp³-hybridized carbons (Fsp3) is 0.389. The number of benzene rings is 1. The van der Waals surface area contributed by atoms with Crippen LogP contribution >= 0.6 is 0 Å². The van der Waals surface area contributed by atoms with Crippen molar-refractivity contribution >= 4 is 5.91 Å². The van der Waals surface area contributed by atoms with Crippen LogP contribution in [0.5, 0.6) is 0 Å². The number of hydrogen-bond donors (Lipinski definition) is 3. The van der Waals surface area contributed by atoms with Crippen LogP contribution in [0, 0.1) is 6.92 Å². The monoisotopic (exact) mass is 423 g/mol. The summed E-state index contributed by atoms with van der Waals surface area (Å²) in [6, 6.07) is 8.27. The number of carbonyl (C=O) groups is 1. The smallest absolute Gasteiger partial charge is 0.386 e. The molecule has 9 nitrogen and oxygen atoms in total. The molecule has 0 aliphatic heterocycles. The zero-order valence-electron chi connectivity index (χ0n) is 16.2. The van der Waals surface area contributed by atoms with Gasteiger partial charge in [-0.1, -0.05) is 43.7 Å². The van der Waals surface area contributed by atoms with Crippen molar-refractivity contribution in [1.82, 2.24) is 35.3 Å². The largest absolute Gasteiger partial charge is 0.451 e. The van der Waals surface area contributed by atoms with E-state index < -0.39 is 30.1 Å². The molecule has 3 N–H and O–H groups in total. The first-order valence-corrected chi connectivity index (χ1v) is 9.18. The number of alkyl halides is 3. The Bertz CT molecular complexity index is 1000. The third kappa shape index (κ3) is 4.64. The van der Waals surface area contributed by atoms with Gasteiger partial charge in [0.05, 0.1) is 12.1 Å². The zero-order chi connectivity index (χ0) is 21.9. The third-order valence-electron chi connectivity index (χ3n) is 4.34. The number of carbonyl (C=O) groups excluding carboxylic acids is 1. The fourth-order valence-corrected chi connectivity index (χ4v) is 2.89. The number of nitrogens with one attached hydrogen (secondary N) is 2. The number of aliphatic hydroxyl groups excluding tert-OH is 1. The molecule has 0 aliphatic carbocycles. The summed E-state index contributed by atoms with van der Waals surface area (Å²) >= 11 is 0. The maximum Gasteiger partial charge on any atom is 0.451 e. The van der Waals surface area contributed by atoms with Crippen LogP contribution in [0.15, 0.2) is 30.3 Å². The van der Waals surface area contributed by atoms with Crippen molar-refractivity contribution in [3.8, 4) is 5.95 Å². The lowest BCUT2D eigenvalue weighted by Crippen LogP contribution is -2.39. The summed E-state index contributed by atoms with van der Waals surface area (Å²) in [5.41, 5.74) is 0.645. The number of nitrogens with zero attached hydrogens (tertiary/aromatic N) is 5. The first-order valence-electron chi connectivity index (χ1n) is 9.18. The van der Waals surface area contributed by atoms with Crippen LogP contribution in [0.2, 0.25) is 0 Å². The van der Waals surface area contributed by atoms with Gasteiger partial charge < -0.3 is 10.4 Å². The Balaban J connectivity index is 1.79. The Morgan fingerprint density at radius 3 is 2.57 bits per heavy atom. The zero-order valence-corrected chi connectivity index (χ0v) is 16.2. The number of aliphatic hydroxyl groups is 1. The van der Waals surface area contributed by atoms with Crippen LogP contribution in [0.25, 0.3) is 5.95 Å². The average Bonchev–Trinajstić information content (AvgIpc) is 3.34. The van der Waals surface area contributed by atoms with Crippen LogP contribution in [0.4, 0.5) is 13.2 Å². The molecule has 0 radical (unpaired) electrons. The molecule has 0 bridgehead atoms. The quantitative estimate of drug-likeness (QED) is 0.536. The normalized spacial score (nSPS) is 13.8. The molecule has 12 heteroatoms. The summed E-state index contributed by atoms with van der Waals surface area (Å²) in [6.07, 6.45) is -4.44. The van der Waals surface area contributed by atoms with Gasteiger partial charge >= 0.3 is 6.18 Å². The van der Waals surface area contributed by atoms with E-state index in [0.29, 0.717) is 18.4 Å². The number of halogens is 3. The third-order valence-corrected chi connectivity index (χ3v) is 4.34. The van der Waals surface area contributed by atoms with Crippen LogP contribution in [0.1, 0.15) is 53.7 Å². The highest BCUT2D eigenvalue weighted by Crippen LogP contribution is 2.26. The summed E-state index contributed by atoms with van der Waals surface area (Å²) < 4.78 is 39.1. The second-order valence-corrected chi connectivity index (χ2v) is 6.60. The molecule has 0 spiro atoms. The molecule has 0 aliphatic rings. The molecule has 3 aromatic rings. The molecular formula is C18H20F3N7O2. The van der Waals surface area contributed by atoms with Crippen molar-refractivity contribution < 1.29 is 23.1 Å². The van der Waals surface area contributed by atoms with Gasteiger partial charge in [-0.25, -0.2) is 4.98 Å². The van der Waals surface area contributed by atoms with Gasteiger partial charge in [0.1, 0.15) is 5.82 Å². The molecule has 0 fully saturated rings. The van der Waals surface area contributed by atoms with Crippen molar-refractivity contribution in [2.24, 2.45) is 0 Å². The molecule has 2 atom stereocenters. The number of aromatic nitrogens is 6. The number of aryl methyl sites for hydroxylation is 1. The Morgan fingerprint density at radius 1 is 1.27 bits per heavy atom. The lowest BCUT2D eigenvalue weighted by molar-refractivity contribution is -0.144. The van der Waals surface area contributed by atoms with E-state index in [1.54, 1.807) is 29.4 Å². The fourth-order valence-electron chi connectivity index (χ4n) is 2.89. The molecule has 2 heterocycles. The van der Waals surface area contributed by atoms with Crippen LogP contribution in [0.3, 0.4) is 0 Å². The van der Waals surface area contributed by atoms with Gasteiger partial charge in [-0.15, -0.1) is 10.2 Å². The molecule has 30 heavy (non-hydrogen) atoms. The van der Waals surface area contributed by atoms with E-state index in [2.05, 4.69) is 25.5 Å². The predicted molar refractivity (Wildman–Crippen MR) is 98.6 cm³/mol. The van der Waals surface area contributed by atoms with E-state index in [1.807, 2.05) is 13.0 Å². The van der Waals surface area contributed by atoms with Gasteiger partial charge in [-0.2, -0.15) is 22.8 Å². The van der Waals surface area contributed by atoms with E-state index in [4.69, 9.17) is 0 Å². The molecule has 2 unspecified atom stereocenters. The Hall–Kier alpha value is -3.28. The minimum atomic E-state index is -4.69. The van der Waals surface area contributed by atoms with Crippen molar-refractivity contribution in [3.05, 3.63) is 53.4 Å². The van der Waals surface area contributed by atoms with Crippen LogP contribution in [-0.2, 0) is 6.18 Å². The minimum absolute atomic E-state index is 0.128. The molecule has 160 valence electrons. The Morgan fingerprint density at radius 2 is 1.97 bits per heavy atom. The van der Waals surface area contributed by atoms with E-state index in [0.717, 1.165) is 4.68 Å². The minimum Gasteiger partial charge on any atom is -0.386 e. The van der Waals surface area contributed by atoms with Crippen molar-refractivity contribution in [2.45, 2.75) is 45.0 Å². The first-order chi connectivity index (χ1) is 14.2. The lowest BCUT2D eigenvalue weighted by atomic mass is 9.98. The highest BCUT2D eigenvalue weighted by atomic mass is 19.4. The second kappa shape index (κ2) is 8.61. The van der Waals surface area contributed by atoms with Crippen LogP contribution < -0.4 is 5.32 Å². The summed E-state index contributed by atoms with van der Waals surface area (Å²) in [5.74, 6) is -2.49. The average molecular weight is 423 g/mol. The number of amides is 1. The van der Waals surface area contributed by atoms with Crippen molar-refractivity contribution in [1.29, 1.82) is 0 Å². The van der Waals surface area contributed by atoms with Crippen LogP contribution in [-0.4, -0.2) is 47.0 Å². The van der Waals surface area contributed by atoms with Gasteiger partial charge in [-0.05, 0) is 18.9 Å². The van der Waals surface area contributed by atoms with Crippen molar-refractivity contribution in [3.63, 3.8) is 0 Å². The van der Waals surface area contributed by atoms with E-state index >= 15 is 0 Å². The molecule has 1 aromatic carbocycles. The Kier molecular flexibility index (Phi) is 6.15. The van der Waals surface area contributed by atoms with E-state index in [9.17, 15) is 23.1 Å². The standard InChI is InChI=1S/C18H20F3N7O2/c1-3-7-12(13(29)11-8-5-4-6-9-11)23-15(30)14-22-10(2)28(27-14)17-24-16(25-26-17)18(19,20)21/h4-6,8-9,12-13,29H,3,7H2,1-2H3,(H,23,30)(H,24,25,26). The number of aromatic amines is 1. The highest BCUT2D eigenvalue weighted by molar-refractivity contribution is 5.90. The summed E-state index contributed by atoms with van der Waals surface area (Å²) in [4.78, 5) is 20.0. The Labute approximate surface area is 169 Å². The van der Waals surface area contributed by atoms with E-state index in [1.165, 1.54) is 6.92 Å². The van der Waals surface area contributed by atoms with Gasteiger partial charge in [0.25, 0.3) is 11.9 Å². The van der Waals surface area contributed by atoms with Gasteiger partial charge in [0, 0.05) is 0 Å². The number of H-pyrrole nitrogens is 1. The summed E-state index contributed by atoms with van der Waals surface area (Å²) in [6.45, 7) is 3.37. The van der Waals surface area contributed by atoms with Crippen molar-refractivity contribution in [2.75, 3.05) is 0 Å². The van der Waals surface area contributed by atoms with Gasteiger partial charge in [0.15, 0.2) is 0 Å². The molecule has 2 aromatic heterocycles. The lowest BCUT2D eigenvalue weighted by Gasteiger charge is -2.23. The number of hydrogen-bond acceptors (Lipinski definition) is 6. The maximum atomic E-state index is 12.7. The maximum absolute atomic E-state index is 12.7. The second-order valence-electron chi connectivity index (χ2n) is 6.60. The van der Waals surface area contributed by atoms with Gasteiger partial charge in [-0.3, -0.25) is 9.89 Å². The topological polar surface area (TPSA) is 122 Å². The molecule has 0 saturated carbocycles. The predicted octanol–water partition coefficient (Wildman–Crippen LogP) is 2.34. The van der Waals surface area contributed by atoms with Gasteiger partial charge in [0.2, 0.25) is 11.6 Å². The molecule has 0 saturated heterocycles. The summed E-state index contributed by atoms with van der Waals surface area (Å²) in [7, 11) is 0. The number of rotatable bonds is 7. The molecule has 1 amide bonds. The summed E-state index contributed by atoms with van der Waals surface area (Å²) in [5, 5.41) is 22.5. The first kappa shape index (κ1) is 21.4. The SMILES string of the molecule is CCCC(NC(=O)c1nc(C)n(-c2n[nH]c(C(F)(F)F)n2)n1)C(O)c1ccccc1.